The number of aliphatic hydroxyl groups is 2. The Morgan fingerprint density at radius 3 is 2.19 bits per heavy atom. The predicted molar refractivity (Wildman–Crippen MR) is 64.3 cm³/mol. The zero-order valence-corrected chi connectivity index (χ0v) is 10.4. The van der Waals surface area contributed by atoms with Gasteiger partial charge in [-0.3, -0.25) is 4.90 Å². The molecule has 2 aliphatic rings. The van der Waals surface area contributed by atoms with Crippen molar-refractivity contribution in [3.05, 3.63) is 0 Å². The second-order valence-corrected chi connectivity index (χ2v) is 6.21. The molecule has 1 unspecified atom stereocenters. The van der Waals surface area contributed by atoms with Gasteiger partial charge in [-0.1, -0.05) is 25.7 Å². The fourth-order valence-corrected chi connectivity index (χ4v) is 3.34. The quantitative estimate of drug-likeness (QED) is 0.765. The van der Waals surface area contributed by atoms with Crippen LogP contribution in [0.15, 0.2) is 0 Å². The van der Waals surface area contributed by atoms with Crippen molar-refractivity contribution >= 4 is 0 Å². The summed E-state index contributed by atoms with van der Waals surface area (Å²) in [6.45, 7) is 4.44. The van der Waals surface area contributed by atoms with Gasteiger partial charge in [0.2, 0.25) is 0 Å². The minimum atomic E-state index is -0.924. The summed E-state index contributed by atoms with van der Waals surface area (Å²) < 4.78 is 0. The number of β-amino-alcohol motifs (C(OH)–C–C–N with tert-alkyl or cyclic N) is 1. The van der Waals surface area contributed by atoms with Crippen LogP contribution >= 0.6 is 0 Å². The molecule has 0 aromatic carbocycles. The predicted octanol–water partition coefficient (Wildman–Crippen LogP) is 1.39. The van der Waals surface area contributed by atoms with E-state index in [1.807, 2.05) is 0 Å². The summed E-state index contributed by atoms with van der Waals surface area (Å²) in [6.07, 6.45) is 8.29. The molecule has 2 rings (SSSR count). The third kappa shape index (κ3) is 2.76. The first-order chi connectivity index (χ1) is 7.55. The minimum absolute atomic E-state index is 0.142. The van der Waals surface area contributed by atoms with Crippen LogP contribution in [0, 0.1) is 5.41 Å². The van der Waals surface area contributed by atoms with Crippen molar-refractivity contribution in [3.63, 3.8) is 0 Å². The minimum Gasteiger partial charge on any atom is -0.393 e. The van der Waals surface area contributed by atoms with Crippen LogP contribution in [0.2, 0.25) is 0 Å². The topological polar surface area (TPSA) is 43.7 Å². The van der Waals surface area contributed by atoms with E-state index in [0.29, 0.717) is 12.0 Å². The van der Waals surface area contributed by atoms with E-state index in [1.165, 1.54) is 38.5 Å². The van der Waals surface area contributed by atoms with Crippen LogP contribution in [0.1, 0.15) is 45.4 Å². The van der Waals surface area contributed by atoms with Crippen LogP contribution in [-0.2, 0) is 0 Å². The zero-order valence-electron chi connectivity index (χ0n) is 10.4. The molecule has 0 aromatic rings. The van der Waals surface area contributed by atoms with E-state index in [1.54, 1.807) is 6.92 Å². The number of nitrogens with zero attached hydrogens (tertiary/aromatic N) is 1. The van der Waals surface area contributed by atoms with Crippen LogP contribution in [0.4, 0.5) is 0 Å². The van der Waals surface area contributed by atoms with Crippen molar-refractivity contribution in [1.82, 2.24) is 4.90 Å². The molecule has 2 N–H and O–H groups in total. The highest BCUT2D eigenvalue weighted by molar-refractivity contribution is 4.97. The number of likely N-dealkylation sites (tertiary alicyclic amines) is 1. The number of aliphatic hydroxyl groups excluding tert-OH is 1. The van der Waals surface area contributed by atoms with Crippen LogP contribution in [0.5, 0.6) is 0 Å². The van der Waals surface area contributed by atoms with E-state index in [0.717, 1.165) is 13.1 Å². The van der Waals surface area contributed by atoms with Crippen molar-refractivity contribution in [2.24, 2.45) is 5.41 Å². The van der Waals surface area contributed by atoms with Gasteiger partial charge in [-0.25, -0.2) is 0 Å². The second-order valence-electron chi connectivity index (χ2n) is 6.21. The first kappa shape index (κ1) is 12.3. The molecule has 2 fully saturated rings. The standard InChI is InChI=1S/C13H25NO2/c1-12(16,11-15)8-14-9-13(10-14)6-4-2-3-5-7-13/h15-16H,2-11H2,1H3. The Morgan fingerprint density at radius 1 is 1.12 bits per heavy atom. The molecular formula is C13H25NO2. The molecule has 0 bridgehead atoms. The summed E-state index contributed by atoms with van der Waals surface area (Å²) in [5, 5.41) is 18.8. The van der Waals surface area contributed by atoms with Crippen molar-refractivity contribution in [2.75, 3.05) is 26.2 Å². The smallest absolute Gasteiger partial charge is 0.0975 e. The van der Waals surface area contributed by atoms with Gasteiger partial charge in [0.05, 0.1) is 12.2 Å². The maximum Gasteiger partial charge on any atom is 0.0975 e. The fourth-order valence-electron chi connectivity index (χ4n) is 3.34. The first-order valence-electron chi connectivity index (χ1n) is 6.61. The lowest BCUT2D eigenvalue weighted by Gasteiger charge is -2.52. The molecule has 1 spiro atoms. The Bertz CT molecular complexity index is 224. The van der Waals surface area contributed by atoms with Crippen molar-refractivity contribution in [3.8, 4) is 0 Å². The average Bonchev–Trinajstić information content (AvgIpc) is 2.42. The maximum absolute atomic E-state index is 9.81. The van der Waals surface area contributed by atoms with Crippen molar-refractivity contribution in [2.45, 2.75) is 51.0 Å². The van der Waals surface area contributed by atoms with Gasteiger partial charge >= 0.3 is 0 Å². The molecule has 1 atom stereocenters. The van der Waals surface area contributed by atoms with Gasteiger partial charge in [-0.2, -0.15) is 0 Å². The highest BCUT2D eigenvalue weighted by Crippen LogP contribution is 2.42. The second kappa shape index (κ2) is 4.63. The number of hydrogen-bond acceptors (Lipinski definition) is 3. The molecule has 0 amide bonds. The number of rotatable bonds is 3. The molecule has 1 aliphatic carbocycles. The van der Waals surface area contributed by atoms with Crippen LogP contribution in [0.25, 0.3) is 0 Å². The summed E-state index contributed by atoms with van der Waals surface area (Å²) in [6, 6.07) is 0. The molecule has 16 heavy (non-hydrogen) atoms. The largest absolute Gasteiger partial charge is 0.393 e. The van der Waals surface area contributed by atoms with Crippen LogP contribution in [-0.4, -0.2) is 47.0 Å². The molecule has 1 heterocycles. The van der Waals surface area contributed by atoms with Crippen molar-refractivity contribution < 1.29 is 10.2 Å². The van der Waals surface area contributed by atoms with Crippen LogP contribution < -0.4 is 0 Å². The van der Waals surface area contributed by atoms with Gasteiger partial charge in [0.1, 0.15) is 0 Å². The first-order valence-corrected chi connectivity index (χ1v) is 6.61. The summed E-state index contributed by atoms with van der Waals surface area (Å²) >= 11 is 0. The Hall–Kier alpha value is -0.120. The normalized spacial score (nSPS) is 29.4. The van der Waals surface area contributed by atoms with E-state index in [2.05, 4.69) is 4.90 Å². The molecule has 3 nitrogen and oxygen atoms in total. The van der Waals surface area contributed by atoms with Crippen molar-refractivity contribution in [1.29, 1.82) is 0 Å². The highest BCUT2D eigenvalue weighted by Gasteiger charge is 2.43. The van der Waals surface area contributed by atoms with Gasteiger partial charge in [0, 0.05) is 19.6 Å². The van der Waals surface area contributed by atoms with E-state index in [4.69, 9.17) is 5.11 Å². The molecule has 1 aliphatic heterocycles. The zero-order chi connectivity index (χ0) is 11.6. The van der Waals surface area contributed by atoms with Gasteiger partial charge in [-0.05, 0) is 25.2 Å². The van der Waals surface area contributed by atoms with Gasteiger partial charge in [0.25, 0.3) is 0 Å². The van der Waals surface area contributed by atoms with E-state index < -0.39 is 5.60 Å². The molecular weight excluding hydrogens is 202 g/mol. The molecule has 0 radical (unpaired) electrons. The average molecular weight is 227 g/mol. The van der Waals surface area contributed by atoms with E-state index in [-0.39, 0.29) is 6.61 Å². The maximum atomic E-state index is 9.81. The molecule has 1 saturated heterocycles. The lowest BCUT2D eigenvalue weighted by atomic mass is 9.73. The lowest BCUT2D eigenvalue weighted by Crippen LogP contribution is -2.60. The van der Waals surface area contributed by atoms with E-state index >= 15 is 0 Å². The third-order valence-corrected chi connectivity index (χ3v) is 4.19. The molecule has 94 valence electrons. The SMILES string of the molecule is CC(O)(CO)CN1CC2(CCCCCC2)C1. The highest BCUT2D eigenvalue weighted by atomic mass is 16.3. The van der Waals surface area contributed by atoms with E-state index in [9.17, 15) is 5.11 Å². The Kier molecular flexibility index (Phi) is 3.57. The number of hydrogen-bond donors (Lipinski definition) is 2. The lowest BCUT2D eigenvalue weighted by molar-refractivity contribution is -0.0842. The summed E-state index contributed by atoms with van der Waals surface area (Å²) in [4.78, 5) is 2.29. The Labute approximate surface area is 98.5 Å². The summed E-state index contributed by atoms with van der Waals surface area (Å²) in [5.41, 5.74) is -0.367. The Balaban J connectivity index is 1.79. The van der Waals surface area contributed by atoms with Gasteiger partial charge in [0.15, 0.2) is 0 Å². The van der Waals surface area contributed by atoms with Gasteiger partial charge in [-0.15, -0.1) is 0 Å². The summed E-state index contributed by atoms with van der Waals surface area (Å²) in [7, 11) is 0. The Morgan fingerprint density at radius 2 is 1.69 bits per heavy atom. The van der Waals surface area contributed by atoms with Crippen LogP contribution in [0.3, 0.4) is 0 Å². The molecule has 0 aromatic heterocycles. The fraction of sp³-hybridized carbons (Fsp3) is 1.00. The van der Waals surface area contributed by atoms with Gasteiger partial charge < -0.3 is 10.2 Å². The molecule has 3 heteroatoms. The monoisotopic (exact) mass is 227 g/mol. The summed E-state index contributed by atoms with van der Waals surface area (Å²) in [5.74, 6) is 0. The molecule has 1 saturated carbocycles. The third-order valence-electron chi connectivity index (χ3n) is 4.19.